The van der Waals surface area contributed by atoms with Crippen LogP contribution >= 0.6 is 11.6 Å². The molecule has 1 aliphatic rings. The molecule has 35 heavy (non-hydrogen) atoms. The number of carbonyl (C=O) groups is 2. The summed E-state index contributed by atoms with van der Waals surface area (Å²) in [7, 11) is 0. The molecule has 4 atom stereocenters. The number of carboxylic acid groups (broad SMARTS) is 1. The van der Waals surface area contributed by atoms with E-state index in [-0.39, 0.29) is 29.3 Å². The molecule has 1 aromatic heterocycles. The molecular weight excluding hydrogens is 477 g/mol. The lowest BCUT2D eigenvalue weighted by molar-refractivity contribution is -0.141. The number of benzene rings is 2. The lowest BCUT2D eigenvalue weighted by Gasteiger charge is -2.15. The maximum absolute atomic E-state index is 14.3. The third-order valence-electron chi connectivity index (χ3n) is 6.17. The summed E-state index contributed by atoms with van der Waals surface area (Å²) in [5.74, 6) is -1.02. The van der Waals surface area contributed by atoms with E-state index in [1.54, 1.807) is 50.2 Å². The zero-order valence-electron chi connectivity index (χ0n) is 19.1. The number of anilines is 1. The summed E-state index contributed by atoms with van der Waals surface area (Å²) in [6.45, 7) is 3.95. The molecule has 1 heterocycles. The summed E-state index contributed by atoms with van der Waals surface area (Å²) in [5, 5.41) is 19.0. The predicted molar refractivity (Wildman–Crippen MR) is 127 cm³/mol. The normalized spacial score (nSPS) is 18.5. The third kappa shape index (κ3) is 5.80. The van der Waals surface area contributed by atoms with Gasteiger partial charge in [-0.1, -0.05) is 66.1 Å². The summed E-state index contributed by atoms with van der Waals surface area (Å²) < 4.78 is 24.3. The van der Waals surface area contributed by atoms with Gasteiger partial charge in [0.15, 0.2) is 0 Å². The first kappa shape index (κ1) is 24.7. The van der Waals surface area contributed by atoms with Crippen LogP contribution in [0.2, 0.25) is 5.02 Å². The number of amides is 1. The van der Waals surface area contributed by atoms with Gasteiger partial charge in [0.05, 0.1) is 5.92 Å². The van der Waals surface area contributed by atoms with E-state index in [1.165, 1.54) is 0 Å². The number of nitrogens with zero attached hydrogens (tertiary/aromatic N) is 1. The molecule has 0 saturated heterocycles. The van der Waals surface area contributed by atoms with Gasteiger partial charge in [0.1, 0.15) is 17.5 Å². The number of ether oxygens (including phenoxy) is 1. The number of nitrogens with one attached hydrogen (secondary N) is 2. The first-order chi connectivity index (χ1) is 16.7. The molecule has 3 N–H and O–H groups in total. The maximum Gasteiger partial charge on any atom is 0.412 e. The van der Waals surface area contributed by atoms with Crippen LogP contribution in [0.3, 0.4) is 0 Å². The molecule has 1 saturated carbocycles. The van der Waals surface area contributed by atoms with E-state index < -0.39 is 24.2 Å². The van der Waals surface area contributed by atoms with Gasteiger partial charge in [-0.15, -0.1) is 0 Å². The molecule has 0 radical (unpaired) electrons. The van der Waals surface area contributed by atoms with Gasteiger partial charge in [0.25, 0.3) is 0 Å². The van der Waals surface area contributed by atoms with Crippen molar-refractivity contribution in [2.75, 3.05) is 5.32 Å². The van der Waals surface area contributed by atoms with E-state index in [1.807, 2.05) is 12.1 Å². The Kier molecular flexibility index (Phi) is 7.37. The molecule has 0 spiro atoms. The number of hydrogen-bond donors (Lipinski definition) is 3. The first-order valence-electron chi connectivity index (χ1n) is 11.2. The second kappa shape index (κ2) is 10.5. The molecule has 1 amide bonds. The molecule has 0 aliphatic heterocycles. The SMILES string of the molecule is CC(OC(=O)Nc1c(-c2ccc(CNC3CC3C(C)C(=O)O)cc2)noc1F)c1ccccc1Cl. The largest absolute Gasteiger partial charge is 0.481 e. The molecule has 10 heteroatoms. The number of hydrogen-bond acceptors (Lipinski definition) is 6. The average molecular weight is 502 g/mol. The fourth-order valence-corrected chi connectivity index (χ4v) is 4.24. The van der Waals surface area contributed by atoms with E-state index in [0.717, 1.165) is 12.0 Å². The fraction of sp³-hybridized carbons (Fsp3) is 0.320. The van der Waals surface area contributed by atoms with Gasteiger partial charge in [-0.3, -0.25) is 10.1 Å². The van der Waals surface area contributed by atoms with Gasteiger partial charge in [-0.2, -0.15) is 4.39 Å². The Morgan fingerprint density at radius 2 is 1.94 bits per heavy atom. The number of aromatic nitrogens is 1. The van der Waals surface area contributed by atoms with E-state index in [4.69, 9.17) is 21.4 Å². The number of halogens is 2. The highest BCUT2D eigenvalue weighted by Crippen LogP contribution is 2.38. The summed E-state index contributed by atoms with van der Waals surface area (Å²) >= 11 is 6.14. The Labute approximate surface area is 206 Å². The molecule has 0 bridgehead atoms. The van der Waals surface area contributed by atoms with Gasteiger partial charge in [-0.05, 0) is 30.9 Å². The standard InChI is InChI=1S/C25H25ClFN3O5/c1-13(24(31)32)18-11-20(18)28-12-15-7-9-16(10-8-15)21-22(23(27)35-30-21)29-25(33)34-14(2)17-5-3-4-6-19(17)26/h3-10,13-14,18,20,28H,11-12H2,1-2H3,(H,29,33)(H,31,32). The maximum atomic E-state index is 14.3. The minimum atomic E-state index is -1.04. The minimum absolute atomic E-state index is 0.127. The lowest BCUT2D eigenvalue weighted by Crippen LogP contribution is -2.22. The van der Waals surface area contributed by atoms with Gasteiger partial charge in [0.2, 0.25) is 0 Å². The van der Waals surface area contributed by atoms with Crippen LogP contribution in [-0.2, 0) is 16.1 Å². The van der Waals surface area contributed by atoms with Gasteiger partial charge < -0.3 is 19.7 Å². The number of carbonyl (C=O) groups excluding carboxylic acids is 1. The molecule has 4 rings (SSSR count). The Hall–Kier alpha value is -3.43. The topological polar surface area (TPSA) is 114 Å². The molecular formula is C25H25ClFN3O5. The van der Waals surface area contributed by atoms with Gasteiger partial charge in [-0.25, -0.2) is 4.79 Å². The molecule has 8 nitrogen and oxygen atoms in total. The lowest BCUT2D eigenvalue weighted by atomic mass is 10.1. The monoisotopic (exact) mass is 501 g/mol. The van der Waals surface area contributed by atoms with Crippen LogP contribution in [0.5, 0.6) is 0 Å². The van der Waals surface area contributed by atoms with Gasteiger partial charge in [0, 0.05) is 28.7 Å². The highest BCUT2D eigenvalue weighted by molar-refractivity contribution is 6.31. The van der Waals surface area contributed by atoms with Crippen LogP contribution in [0.1, 0.15) is 37.5 Å². The van der Waals surface area contributed by atoms with Crippen LogP contribution in [-0.4, -0.2) is 28.4 Å². The summed E-state index contributed by atoms with van der Waals surface area (Å²) in [5.41, 5.74) is 2.03. The predicted octanol–water partition coefficient (Wildman–Crippen LogP) is 5.64. The van der Waals surface area contributed by atoms with Crippen molar-refractivity contribution in [2.45, 2.75) is 39.0 Å². The summed E-state index contributed by atoms with van der Waals surface area (Å²) in [6.07, 6.45) is -0.702. The third-order valence-corrected chi connectivity index (χ3v) is 6.52. The van der Waals surface area contributed by atoms with Crippen LogP contribution in [0, 0.1) is 17.8 Å². The smallest absolute Gasteiger partial charge is 0.412 e. The first-order valence-corrected chi connectivity index (χ1v) is 11.5. The number of carboxylic acids is 1. The van der Waals surface area contributed by atoms with Crippen molar-refractivity contribution in [3.63, 3.8) is 0 Å². The Morgan fingerprint density at radius 3 is 2.63 bits per heavy atom. The highest BCUT2D eigenvalue weighted by Gasteiger charge is 2.43. The number of rotatable bonds is 9. The summed E-state index contributed by atoms with van der Waals surface area (Å²) in [4.78, 5) is 23.5. The van der Waals surface area contributed by atoms with Crippen molar-refractivity contribution in [1.29, 1.82) is 0 Å². The van der Waals surface area contributed by atoms with E-state index in [0.29, 0.717) is 22.7 Å². The molecule has 1 fully saturated rings. The van der Waals surface area contributed by atoms with Crippen molar-refractivity contribution in [3.05, 3.63) is 70.7 Å². The fourth-order valence-electron chi connectivity index (χ4n) is 3.95. The Bertz CT molecular complexity index is 1220. The van der Waals surface area contributed by atoms with Crippen LogP contribution in [0.25, 0.3) is 11.3 Å². The minimum Gasteiger partial charge on any atom is -0.481 e. The zero-order chi connectivity index (χ0) is 25.1. The zero-order valence-corrected chi connectivity index (χ0v) is 19.9. The quantitative estimate of drug-likeness (QED) is 0.347. The van der Waals surface area contributed by atoms with Crippen LogP contribution < -0.4 is 10.6 Å². The number of aliphatic carboxylic acids is 1. The second-order valence-corrected chi connectivity index (χ2v) is 8.99. The highest BCUT2D eigenvalue weighted by atomic mass is 35.5. The molecule has 184 valence electrons. The average Bonchev–Trinajstić information content (AvgIpc) is 3.53. The van der Waals surface area contributed by atoms with Crippen LogP contribution in [0.4, 0.5) is 14.9 Å². The van der Waals surface area contributed by atoms with Crippen molar-refractivity contribution in [3.8, 4) is 11.3 Å². The van der Waals surface area contributed by atoms with Crippen molar-refractivity contribution >= 4 is 29.4 Å². The van der Waals surface area contributed by atoms with Crippen LogP contribution in [0.15, 0.2) is 53.1 Å². The molecule has 1 aliphatic carbocycles. The molecule has 3 aromatic rings. The van der Waals surface area contributed by atoms with E-state index in [9.17, 15) is 14.0 Å². The summed E-state index contributed by atoms with van der Waals surface area (Å²) in [6, 6.07) is 13.3. The molecule has 4 unspecified atom stereocenters. The van der Waals surface area contributed by atoms with Gasteiger partial charge >= 0.3 is 18.1 Å². The van der Waals surface area contributed by atoms with E-state index in [2.05, 4.69) is 20.3 Å². The Morgan fingerprint density at radius 1 is 1.23 bits per heavy atom. The van der Waals surface area contributed by atoms with E-state index >= 15 is 0 Å². The Balaban J connectivity index is 1.37. The second-order valence-electron chi connectivity index (χ2n) is 8.58. The molecule has 2 aromatic carbocycles. The van der Waals surface area contributed by atoms with Crippen molar-refractivity contribution in [2.24, 2.45) is 11.8 Å². The van der Waals surface area contributed by atoms with Crippen molar-refractivity contribution < 1.29 is 28.3 Å². The van der Waals surface area contributed by atoms with Crippen molar-refractivity contribution in [1.82, 2.24) is 10.5 Å².